The van der Waals surface area contributed by atoms with Crippen LogP contribution in [0.5, 0.6) is 5.75 Å². The zero-order valence-corrected chi connectivity index (χ0v) is 14.8. The summed E-state index contributed by atoms with van der Waals surface area (Å²) in [6.07, 6.45) is 3.23. The van der Waals surface area contributed by atoms with Crippen LogP contribution in [0.1, 0.15) is 5.56 Å². The molecule has 120 valence electrons. The first-order chi connectivity index (χ1) is 11.6. The van der Waals surface area contributed by atoms with Crippen LogP contribution in [-0.2, 0) is 0 Å². The molecule has 5 nitrogen and oxygen atoms in total. The number of hydrogen-bond acceptors (Lipinski definition) is 4. The lowest BCUT2D eigenvalue weighted by atomic mass is 10.2. The number of thiocarbonyl (C=S) groups is 1. The third kappa shape index (κ3) is 3.87. The van der Waals surface area contributed by atoms with Crippen LogP contribution >= 0.6 is 28.1 Å². The smallest absolute Gasteiger partial charge is 0.191 e. The van der Waals surface area contributed by atoms with Crippen molar-refractivity contribution in [2.24, 2.45) is 5.10 Å². The van der Waals surface area contributed by atoms with E-state index in [9.17, 15) is 5.11 Å². The number of hydrogen-bond donors (Lipinski definition) is 3. The molecule has 1 aromatic heterocycles. The van der Waals surface area contributed by atoms with Gasteiger partial charge in [-0.1, -0.05) is 34.1 Å². The van der Waals surface area contributed by atoms with Gasteiger partial charge < -0.3 is 10.4 Å². The van der Waals surface area contributed by atoms with Crippen LogP contribution in [0.15, 0.2) is 64.3 Å². The Hall–Kier alpha value is -2.51. The molecule has 0 aliphatic rings. The van der Waals surface area contributed by atoms with Gasteiger partial charge in [0.2, 0.25) is 0 Å². The fourth-order valence-electron chi connectivity index (χ4n) is 2.14. The first-order valence-electron chi connectivity index (χ1n) is 7.06. The van der Waals surface area contributed by atoms with Crippen molar-refractivity contribution in [3.63, 3.8) is 0 Å². The Labute approximate surface area is 152 Å². The van der Waals surface area contributed by atoms with Gasteiger partial charge in [0, 0.05) is 21.6 Å². The normalized spacial score (nSPS) is 10.9. The zero-order chi connectivity index (χ0) is 16.9. The van der Waals surface area contributed by atoms with Gasteiger partial charge in [0.1, 0.15) is 5.75 Å². The summed E-state index contributed by atoms with van der Waals surface area (Å²) in [4.78, 5) is 4.36. The van der Waals surface area contributed by atoms with Crippen LogP contribution in [0.4, 0.5) is 5.69 Å². The number of phenols is 1. The molecule has 0 saturated heterocycles. The van der Waals surface area contributed by atoms with E-state index >= 15 is 0 Å². The predicted octanol–water partition coefficient (Wildman–Crippen LogP) is 4.02. The largest absolute Gasteiger partial charge is 0.507 e. The summed E-state index contributed by atoms with van der Waals surface area (Å²) in [6, 6.07) is 14.8. The monoisotopic (exact) mass is 400 g/mol. The van der Waals surface area contributed by atoms with E-state index in [1.807, 2.05) is 30.3 Å². The molecule has 7 heteroatoms. The quantitative estimate of drug-likeness (QED) is 0.351. The highest BCUT2D eigenvalue weighted by Gasteiger charge is 2.03. The number of para-hydroxylation sites is 1. The first kappa shape index (κ1) is 16.4. The van der Waals surface area contributed by atoms with Gasteiger partial charge in [-0.2, -0.15) is 5.10 Å². The summed E-state index contributed by atoms with van der Waals surface area (Å²) in [5.74, 6) is 0.140. The predicted molar refractivity (Wildman–Crippen MR) is 105 cm³/mol. The molecule has 0 saturated carbocycles. The van der Waals surface area contributed by atoms with Gasteiger partial charge in [0.15, 0.2) is 5.11 Å². The number of aromatic nitrogens is 1. The Balaban J connectivity index is 1.69. The summed E-state index contributed by atoms with van der Waals surface area (Å²) >= 11 is 8.58. The number of phenolic OH excluding ortho intramolecular Hbond substituents is 1. The van der Waals surface area contributed by atoms with Crippen LogP contribution in [0.3, 0.4) is 0 Å². The maximum absolute atomic E-state index is 9.76. The number of aromatic hydroxyl groups is 1. The lowest BCUT2D eigenvalue weighted by Gasteiger charge is -2.09. The van der Waals surface area contributed by atoms with Gasteiger partial charge in [0.05, 0.1) is 17.4 Å². The lowest BCUT2D eigenvalue weighted by Crippen LogP contribution is -2.24. The lowest BCUT2D eigenvalue weighted by molar-refractivity contribution is 0.474. The van der Waals surface area contributed by atoms with Crippen molar-refractivity contribution in [2.75, 3.05) is 5.32 Å². The molecular weight excluding hydrogens is 388 g/mol. The summed E-state index contributed by atoms with van der Waals surface area (Å²) in [5, 5.41) is 18.2. The number of benzene rings is 2. The SMILES string of the molecule is Oc1ccc(Br)cc1/C=N/NC(=S)Nc1cccc2cccnc12. The Morgan fingerprint density at radius 3 is 2.92 bits per heavy atom. The minimum absolute atomic E-state index is 0.140. The van der Waals surface area contributed by atoms with Gasteiger partial charge in [-0.25, -0.2) is 0 Å². The van der Waals surface area contributed by atoms with Gasteiger partial charge in [-0.15, -0.1) is 0 Å². The van der Waals surface area contributed by atoms with Gasteiger partial charge >= 0.3 is 0 Å². The highest BCUT2D eigenvalue weighted by molar-refractivity contribution is 9.10. The molecule has 3 N–H and O–H groups in total. The topological polar surface area (TPSA) is 69.5 Å². The molecule has 3 rings (SSSR count). The second kappa shape index (κ2) is 7.37. The second-order valence-corrected chi connectivity index (χ2v) is 6.23. The molecule has 0 bridgehead atoms. The molecule has 3 aromatic rings. The van der Waals surface area contributed by atoms with Crippen LogP contribution in [0.25, 0.3) is 10.9 Å². The van der Waals surface area contributed by atoms with Crippen LogP contribution in [0, 0.1) is 0 Å². The van der Waals surface area contributed by atoms with Crippen molar-refractivity contribution in [2.45, 2.75) is 0 Å². The molecule has 0 aliphatic heterocycles. The molecule has 0 amide bonds. The molecule has 0 spiro atoms. The van der Waals surface area contributed by atoms with Crippen molar-refractivity contribution < 1.29 is 5.11 Å². The summed E-state index contributed by atoms with van der Waals surface area (Å²) in [7, 11) is 0. The van der Waals surface area contributed by atoms with Crippen molar-refractivity contribution in [1.82, 2.24) is 10.4 Å². The van der Waals surface area contributed by atoms with Gasteiger partial charge in [0.25, 0.3) is 0 Å². The Morgan fingerprint density at radius 1 is 1.21 bits per heavy atom. The van der Waals surface area contributed by atoms with E-state index in [2.05, 4.69) is 36.8 Å². The number of rotatable bonds is 3. The third-order valence-electron chi connectivity index (χ3n) is 3.24. The summed E-state index contributed by atoms with van der Waals surface area (Å²) in [5.41, 5.74) is 4.93. The Morgan fingerprint density at radius 2 is 2.04 bits per heavy atom. The second-order valence-electron chi connectivity index (χ2n) is 4.91. The van der Waals surface area contributed by atoms with Crippen LogP contribution in [-0.4, -0.2) is 21.4 Å². The Bertz CT molecular complexity index is 924. The molecule has 0 fully saturated rings. The van der Waals surface area contributed by atoms with E-state index < -0.39 is 0 Å². The number of halogens is 1. The summed E-state index contributed by atoms with van der Waals surface area (Å²) in [6.45, 7) is 0. The maximum atomic E-state index is 9.76. The molecular formula is C17H13BrN4OS. The number of nitrogens with one attached hydrogen (secondary N) is 2. The molecule has 0 atom stereocenters. The average Bonchev–Trinajstić information content (AvgIpc) is 2.58. The fourth-order valence-corrected chi connectivity index (χ4v) is 2.69. The molecule has 1 heterocycles. The third-order valence-corrected chi connectivity index (χ3v) is 3.93. The van der Waals surface area contributed by atoms with E-state index in [-0.39, 0.29) is 5.75 Å². The number of anilines is 1. The van der Waals surface area contributed by atoms with Crippen LogP contribution < -0.4 is 10.7 Å². The Kier molecular flexibility index (Phi) is 5.02. The minimum atomic E-state index is 0.140. The molecule has 0 radical (unpaired) electrons. The number of fused-ring (bicyclic) bond motifs is 1. The fraction of sp³-hybridized carbons (Fsp3) is 0. The van der Waals surface area contributed by atoms with Crippen molar-refractivity contribution >= 4 is 56.1 Å². The van der Waals surface area contributed by atoms with E-state index in [0.717, 1.165) is 21.1 Å². The van der Waals surface area contributed by atoms with Gasteiger partial charge in [-0.05, 0) is 42.5 Å². The van der Waals surface area contributed by atoms with E-state index in [0.29, 0.717) is 10.7 Å². The van der Waals surface area contributed by atoms with Crippen molar-refractivity contribution in [3.8, 4) is 5.75 Å². The number of pyridine rings is 1. The van der Waals surface area contributed by atoms with E-state index in [4.69, 9.17) is 12.2 Å². The molecule has 24 heavy (non-hydrogen) atoms. The van der Waals surface area contributed by atoms with E-state index in [1.165, 1.54) is 6.21 Å². The zero-order valence-electron chi connectivity index (χ0n) is 12.4. The van der Waals surface area contributed by atoms with Crippen LogP contribution in [0.2, 0.25) is 0 Å². The minimum Gasteiger partial charge on any atom is -0.507 e. The van der Waals surface area contributed by atoms with Crippen molar-refractivity contribution in [3.05, 3.63) is 64.8 Å². The number of hydrazone groups is 1. The average molecular weight is 401 g/mol. The first-order valence-corrected chi connectivity index (χ1v) is 8.26. The van der Waals surface area contributed by atoms with Crippen molar-refractivity contribution in [1.29, 1.82) is 0 Å². The van der Waals surface area contributed by atoms with Gasteiger partial charge in [-0.3, -0.25) is 10.4 Å². The maximum Gasteiger partial charge on any atom is 0.191 e. The molecule has 0 aliphatic carbocycles. The molecule has 2 aromatic carbocycles. The highest BCUT2D eigenvalue weighted by Crippen LogP contribution is 2.21. The summed E-state index contributed by atoms with van der Waals surface area (Å²) < 4.78 is 0.851. The molecule has 0 unspecified atom stereocenters. The highest BCUT2D eigenvalue weighted by atomic mass is 79.9. The standard InChI is InChI=1S/C17H13BrN4OS/c18-13-6-7-15(23)12(9-13)10-20-22-17(24)21-14-5-1-3-11-4-2-8-19-16(11)14/h1-10,23H,(H2,21,22,24)/b20-10+. The number of nitrogens with zero attached hydrogens (tertiary/aromatic N) is 2. The van der Waals surface area contributed by atoms with E-state index in [1.54, 1.807) is 24.4 Å².